The number of para-hydroxylation sites is 1. The fourth-order valence-electron chi connectivity index (χ4n) is 1.82. The first-order chi connectivity index (χ1) is 8.50. The van der Waals surface area contributed by atoms with Gasteiger partial charge >= 0.3 is 5.97 Å². The standard InChI is InChI=1S/C13H14N2O3/c1-8(2)9-5-3-4-6-10(9)15-7-11(16)12(14-15)13(17)18/h3-8,16H,1-2H3,(H,17,18). The zero-order valence-corrected chi connectivity index (χ0v) is 10.2. The van der Waals surface area contributed by atoms with Crippen LogP contribution in [0.2, 0.25) is 0 Å². The zero-order chi connectivity index (χ0) is 13.3. The van der Waals surface area contributed by atoms with Gasteiger partial charge in [0.25, 0.3) is 0 Å². The van der Waals surface area contributed by atoms with Crippen LogP contribution >= 0.6 is 0 Å². The number of hydrogen-bond acceptors (Lipinski definition) is 3. The molecule has 0 amide bonds. The van der Waals surface area contributed by atoms with Gasteiger partial charge in [0.1, 0.15) is 0 Å². The minimum absolute atomic E-state index is 0.279. The molecule has 1 aromatic carbocycles. The molecule has 2 aromatic rings. The predicted molar refractivity (Wildman–Crippen MR) is 66.3 cm³/mol. The van der Waals surface area contributed by atoms with E-state index in [1.165, 1.54) is 10.9 Å². The quantitative estimate of drug-likeness (QED) is 0.872. The van der Waals surface area contributed by atoms with Gasteiger partial charge in [-0.05, 0) is 17.5 Å². The van der Waals surface area contributed by atoms with Crippen molar-refractivity contribution in [3.05, 3.63) is 41.7 Å². The smallest absolute Gasteiger partial charge is 0.360 e. The lowest BCUT2D eigenvalue weighted by Crippen LogP contribution is -2.04. The van der Waals surface area contributed by atoms with Gasteiger partial charge < -0.3 is 10.2 Å². The molecule has 0 bridgehead atoms. The van der Waals surface area contributed by atoms with E-state index >= 15 is 0 Å². The van der Waals surface area contributed by atoms with Crippen molar-refractivity contribution in [2.75, 3.05) is 0 Å². The van der Waals surface area contributed by atoms with Crippen LogP contribution in [-0.2, 0) is 0 Å². The van der Waals surface area contributed by atoms with Crippen molar-refractivity contribution in [3.8, 4) is 11.4 Å². The molecule has 1 aromatic heterocycles. The summed E-state index contributed by atoms with van der Waals surface area (Å²) in [6, 6.07) is 7.56. The second-order valence-electron chi connectivity index (χ2n) is 4.33. The first-order valence-electron chi connectivity index (χ1n) is 5.62. The third-order valence-electron chi connectivity index (χ3n) is 2.70. The second-order valence-corrected chi connectivity index (χ2v) is 4.33. The van der Waals surface area contributed by atoms with E-state index in [0.717, 1.165) is 11.3 Å². The van der Waals surface area contributed by atoms with E-state index in [1.807, 2.05) is 38.1 Å². The molecule has 2 N–H and O–H groups in total. The van der Waals surface area contributed by atoms with Crippen molar-refractivity contribution >= 4 is 5.97 Å². The van der Waals surface area contributed by atoms with Crippen LogP contribution in [0.15, 0.2) is 30.5 Å². The number of carboxylic acid groups (broad SMARTS) is 1. The number of benzene rings is 1. The van der Waals surface area contributed by atoms with Gasteiger partial charge in [-0.2, -0.15) is 5.10 Å². The Bertz CT molecular complexity index is 588. The first-order valence-corrected chi connectivity index (χ1v) is 5.62. The summed E-state index contributed by atoms with van der Waals surface area (Å²) in [6.07, 6.45) is 1.31. The second kappa shape index (κ2) is 4.52. The summed E-state index contributed by atoms with van der Waals surface area (Å²) in [5.74, 6) is -1.30. The van der Waals surface area contributed by atoms with Crippen LogP contribution in [0.3, 0.4) is 0 Å². The molecule has 94 valence electrons. The maximum Gasteiger partial charge on any atom is 0.360 e. The molecular weight excluding hydrogens is 232 g/mol. The van der Waals surface area contributed by atoms with E-state index in [9.17, 15) is 9.90 Å². The summed E-state index contributed by atoms with van der Waals surface area (Å²) >= 11 is 0. The molecule has 0 aliphatic heterocycles. The number of aromatic nitrogens is 2. The maximum atomic E-state index is 10.8. The van der Waals surface area contributed by atoms with Gasteiger partial charge in [-0.25, -0.2) is 9.48 Å². The number of aromatic carboxylic acids is 1. The van der Waals surface area contributed by atoms with Crippen molar-refractivity contribution in [2.45, 2.75) is 19.8 Å². The molecule has 0 spiro atoms. The molecule has 5 heteroatoms. The molecular formula is C13H14N2O3. The maximum absolute atomic E-state index is 10.8. The first kappa shape index (κ1) is 12.2. The van der Waals surface area contributed by atoms with Crippen LogP contribution < -0.4 is 0 Å². The van der Waals surface area contributed by atoms with Crippen molar-refractivity contribution in [3.63, 3.8) is 0 Å². The molecule has 0 fully saturated rings. The molecule has 1 heterocycles. The fourth-order valence-corrected chi connectivity index (χ4v) is 1.82. The molecule has 0 saturated carbocycles. The third kappa shape index (κ3) is 2.07. The molecule has 2 rings (SSSR count). The predicted octanol–water partition coefficient (Wildman–Crippen LogP) is 2.40. The number of rotatable bonds is 3. The number of nitrogens with zero attached hydrogens (tertiary/aromatic N) is 2. The van der Waals surface area contributed by atoms with Crippen molar-refractivity contribution < 1.29 is 15.0 Å². The Hall–Kier alpha value is -2.30. The minimum Gasteiger partial charge on any atom is -0.504 e. The summed E-state index contributed by atoms with van der Waals surface area (Å²) in [4.78, 5) is 10.8. The highest BCUT2D eigenvalue weighted by Gasteiger charge is 2.17. The van der Waals surface area contributed by atoms with E-state index < -0.39 is 5.97 Å². The summed E-state index contributed by atoms with van der Waals surface area (Å²) < 4.78 is 1.40. The van der Waals surface area contributed by atoms with E-state index in [-0.39, 0.29) is 17.4 Å². The van der Waals surface area contributed by atoms with Crippen LogP contribution in [0.5, 0.6) is 5.75 Å². The summed E-state index contributed by atoms with van der Waals surface area (Å²) in [5, 5.41) is 22.3. The number of carboxylic acids is 1. The van der Waals surface area contributed by atoms with Gasteiger partial charge in [0.15, 0.2) is 5.75 Å². The van der Waals surface area contributed by atoms with E-state index in [0.29, 0.717) is 0 Å². The van der Waals surface area contributed by atoms with E-state index in [4.69, 9.17) is 5.11 Å². The van der Waals surface area contributed by atoms with Crippen molar-refractivity contribution in [1.82, 2.24) is 9.78 Å². The highest BCUT2D eigenvalue weighted by atomic mass is 16.4. The minimum atomic E-state index is -1.24. The van der Waals surface area contributed by atoms with Gasteiger partial charge in [-0.3, -0.25) is 0 Å². The lowest BCUT2D eigenvalue weighted by atomic mass is 10.0. The largest absolute Gasteiger partial charge is 0.504 e. The SMILES string of the molecule is CC(C)c1ccccc1-n1cc(O)c(C(=O)O)n1. The topological polar surface area (TPSA) is 75.4 Å². The van der Waals surface area contributed by atoms with Gasteiger partial charge in [-0.1, -0.05) is 32.0 Å². The number of carbonyl (C=O) groups is 1. The number of aromatic hydroxyl groups is 1. The molecule has 0 aliphatic rings. The fraction of sp³-hybridized carbons (Fsp3) is 0.231. The lowest BCUT2D eigenvalue weighted by molar-refractivity contribution is 0.0687. The molecule has 0 aliphatic carbocycles. The van der Waals surface area contributed by atoms with Gasteiger partial charge in [-0.15, -0.1) is 0 Å². The number of hydrogen-bond donors (Lipinski definition) is 2. The monoisotopic (exact) mass is 246 g/mol. The Balaban J connectivity index is 2.56. The van der Waals surface area contributed by atoms with Crippen LogP contribution in [0, 0.1) is 0 Å². The normalized spacial score (nSPS) is 10.8. The Morgan fingerprint density at radius 2 is 2.00 bits per heavy atom. The van der Waals surface area contributed by atoms with Gasteiger partial charge in [0.05, 0.1) is 11.9 Å². The zero-order valence-electron chi connectivity index (χ0n) is 10.2. The molecule has 0 atom stereocenters. The summed E-state index contributed by atoms with van der Waals surface area (Å²) in [6.45, 7) is 4.08. The summed E-state index contributed by atoms with van der Waals surface area (Å²) in [7, 11) is 0. The Labute approximate surface area is 104 Å². The third-order valence-corrected chi connectivity index (χ3v) is 2.70. The Kier molecular flexibility index (Phi) is 3.06. The highest BCUT2D eigenvalue weighted by Crippen LogP contribution is 2.25. The average Bonchev–Trinajstić information content (AvgIpc) is 2.71. The molecule has 0 radical (unpaired) electrons. The van der Waals surface area contributed by atoms with Crippen LogP contribution in [0.1, 0.15) is 35.8 Å². The summed E-state index contributed by atoms with van der Waals surface area (Å²) in [5.41, 5.74) is 1.47. The van der Waals surface area contributed by atoms with Crippen LogP contribution in [0.25, 0.3) is 5.69 Å². The van der Waals surface area contributed by atoms with Gasteiger partial charge in [0.2, 0.25) is 5.69 Å². The Morgan fingerprint density at radius 3 is 2.56 bits per heavy atom. The molecule has 0 saturated heterocycles. The van der Waals surface area contributed by atoms with Crippen LogP contribution in [0.4, 0.5) is 0 Å². The molecule has 0 unspecified atom stereocenters. The average molecular weight is 246 g/mol. The van der Waals surface area contributed by atoms with E-state index in [2.05, 4.69) is 5.10 Å². The van der Waals surface area contributed by atoms with Gasteiger partial charge in [0, 0.05) is 0 Å². The Morgan fingerprint density at radius 1 is 1.33 bits per heavy atom. The molecule has 5 nitrogen and oxygen atoms in total. The van der Waals surface area contributed by atoms with E-state index in [1.54, 1.807) is 0 Å². The lowest BCUT2D eigenvalue weighted by Gasteiger charge is -2.11. The van der Waals surface area contributed by atoms with Crippen molar-refractivity contribution in [2.24, 2.45) is 0 Å². The molecule has 18 heavy (non-hydrogen) atoms. The van der Waals surface area contributed by atoms with Crippen LogP contribution in [-0.4, -0.2) is 26.0 Å². The van der Waals surface area contributed by atoms with Crippen molar-refractivity contribution in [1.29, 1.82) is 0 Å². The highest BCUT2D eigenvalue weighted by molar-refractivity contribution is 5.88.